The van der Waals surface area contributed by atoms with Crippen LogP contribution in [0.5, 0.6) is 5.75 Å². The number of nitrogen functional groups attached to an aromatic ring is 1. The van der Waals surface area contributed by atoms with E-state index in [4.69, 9.17) is 10.6 Å². The molecular formula is C17H22N6O4. The van der Waals surface area contributed by atoms with Gasteiger partial charge >= 0.3 is 5.69 Å². The largest absolute Gasteiger partial charge is 0.491 e. The number of hydrogen-bond acceptors (Lipinski definition) is 7. The first-order valence-electron chi connectivity index (χ1n) is 8.34. The highest BCUT2D eigenvalue weighted by atomic mass is 16.5. The lowest BCUT2D eigenvalue weighted by molar-refractivity contribution is 0.0935. The van der Waals surface area contributed by atoms with Crippen LogP contribution in [0.3, 0.4) is 0 Å². The van der Waals surface area contributed by atoms with E-state index < -0.39 is 17.4 Å². The minimum atomic E-state index is -0.934. The number of nitrogens with one attached hydrogen (secondary N) is 1. The van der Waals surface area contributed by atoms with Crippen molar-refractivity contribution in [2.75, 3.05) is 12.0 Å². The zero-order valence-corrected chi connectivity index (χ0v) is 15.3. The van der Waals surface area contributed by atoms with Gasteiger partial charge in [-0.1, -0.05) is 18.2 Å². The molecule has 1 atom stereocenters. The van der Waals surface area contributed by atoms with Crippen molar-refractivity contribution < 1.29 is 9.84 Å². The molecule has 0 saturated heterocycles. The van der Waals surface area contributed by atoms with Crippen molar-refractivity contribution in [3.63, 3.8) is 0 Å². The number of aromatic nitrogens is 4. The van der Waals surface area contributed by atoms with Crippen LogP contribution >= 0.6 is 0 Å². The van der Waals surface area contributed by atoms with E-state index in [0.29, 0.717) is 5.75 Å². The Balaban J connectivity index is 1.93. The molecule has 0 spiro atoms. The third-order valence-corrected chi connectivity index (χ3v) is 4.40. The summed E-state index contributed by atoms with van der Waals surface area (Å²) in [5, 5.41) is 10.4. The Morgan fingerprint density at radius 3 is 2.63 bits per heavy atom. The molecule has 144 valence electrons. The molecule has 0 aliphatic heterocycles. The van der Waals surface area contributed by atoms with Gasteiger partial charge in [-0.2, -0.15) is 4.98 Å². The molecule has 27 heavy (non-hydrogen) atoms. The van der Waals surface area contributed by atoms with Crippen molar-refractivity contribution in [3.8, 4) is 5.75 Å². The molecule has 0 bridgehead atoms. The summed E-state index contributed by atoms with van der Waals surface area (Å²) < 4.78 is 9.34. The molecule has 0 fully saturated rings. The normalized spacial score (nSPS) is 12.3. The van der Waals surface area contributed by atoms with Crippen LogP contribution in [0.4, 0.5) is 5.95 Å². The quantitative estimate of drug-likeness (QED) is 0.391. The van der Waals surface area contributed by atoms with Crippen molar-refractivity contribution in [3.05, 3.63) is 50.7 Å². The predicted molar refractivity (Wildman–Crippen MR) is 101 cm³/mol. The lowest BCUT2D eigenvalue weighted by Crippen LogP contribution is -2.38. The van der Waals surface area contributed by atoms with Crippen LogP contribution in [0.2, 0.25) is 0 Å². The minimum Gasteiger partial charge on any atom is -0.491 e. The summed E-state index contributed by atoms with van der Waals surface area (Å²) in [6, 6.07) is 7.47. The van der Waals surface area contributed by atoms with Gasteiger partial charge in [-0.3, -0.25) is 19.4 Å². The Kier molecular flexibility index (Phi) is 5.02. The van der Waals surface area contributed by atoms with E-state index in [1.807, 2.05) is 31.2 Å². The number of benzene rings is 1. The van der Waals surface area contributed by atoms with Gasteiger partial charge in [0.15, 0.2) is 11.2 Å². The average Bonchev–Trinajstić information content (AvgIpc) is 3.02. The Bertz CT molecular complexity index is 1100. The SMILES string of the molecule is Cc1ccccc1OCC(O)Cn1c(NN)nc2c1c(=O)n(C)c(=O)n2C. The first kappa shape index (κ1) is 18.7. The number of anilines is 1. The Morgan fingerprint density at radius 2 is 1.96 bits per heavy atom. The van der Waals surface area contributed by atoms with Crippen LogP contribution in [-0.4, -0.2) is 36.5 Å². The van der Waals surface area contributed by atoms with Crippen LogP contribution in [0.1, 0.15) is 5.56 Å². The van der Waals surface area contributed by atoms with Crippen LogP contribution < -0.4 is 27.3 Å². The number of aliphatic hydroxyl groups is 1. The molecule has 0 amide bonds. The Morgan fingerprint density at radius 1 is 1.26 bits per heavy atom. The number of nitrogens with zero attached hydrogens (tertiary/aromatic N) is 4. The minimum absolute atomic E-state index is 0.00928. The highest BCUT2D eigenvalue weighted by Gasteiger charge is 2.20. The first-order chi connectivity index (χ1) is 12.8. The maximum absolute atomic E-state index is 12.6. The molecule has 2 heterocycles. The van der Waals surface area contributed by atoms with E-state index >= 15 is 0 Å². The van der Waals surface area contributed by atoms with Gasteiger partial charge in [0.1, 0.15) is 18.5 Å². The zero-order valence-electron chi connectivity index (χ0n) is 15.3. The molecule has 0 saturated carbocycles. The second-order valence-electron chi connectivity index (χ2n) is 6.30. The number of hydrogen-bond donors (Lipinski definition) is 3. The summed E-state index contributed by atoms with van der Waals surface area (Å²) in [4.78, 5) is 28.8. The maximum atomic E-state index is 12.6. The summed E-state index contributed by atoms with van der Waals surface area (Å²) in [7, 11) is 2.90. The molecule has 2 aromatic heterocycles. The van der Waals surface area contributed by atoms with Crippen LogP contribution in [0.15, 0.2) is 33.9 Å². The van der Waals surface area contributed by atoms with Crippen molar-refractivity contribution in [2.24, 2.45) is 19.9 Å². The van der Waals surface area contributed by atoms with Crippen molar-refractivity contribution in [2.45, 2.75) is 19.6 Å². The molecule has 10 nitrogen and oxygen atoms in total. The number of imidazole rings is 1. The van der Waals surface area contributed by atoms with Gasteiger partial charge in [0.2, 0.25) is 5.95 Å². The summed E-state index contributed by atoms with van der Waals surface area (Å²) in [6.07, 6.45) is -0.934. The van der Waals surface area contributed by atoms with E-state index in [0.717, 1.165) is 10.1 Å². The summed E-state index contributed by atoms with van der Waals surface area (Å²) in [6.45, 7) is 1.93. The average molecular weight is 374 g/mol. The van der Waals surface area contributed by atoms with E-state index in [-0.39, 0.29) is 30.3 Å². The van der Waals surface area contributed by atoms with Gasteiger partial charge in [0.25, 0.3) is 5.56 Å². The number of aliphatic hydroxyl groups excluding tert-OH is 1. The van der Waals surface area contributed by atoms with E-state index in [9.17, 15) is 14.7 Å². The molecular weight excluding hydrogens is 352 g/mol. The van der Waals surface area contributed by atoms with Crippen molar-refractivity contribution in [1.82, 2.24) is 18.7 Å². The lowest BCUT2D eigenvalue weighted by Gasteiger charge is -2.16. The summed E-state index contributed by atoms with van der Waals surface area (Å²) in [5.41, 5.74) is 2.69. The molecule has 0 radical (unpaired) electrons. The third-order valence-electron chi connectivity index (χ3n) is 4.40. The van der Waals surface area contributed by atoms with Gasteiger partial charge in [0, 0.05) is 14.1 Å². The number of fused-ring (bicyclic) bond motifs is 1. The predicted octanol–water partition coefficient (Wildman–Crippen LogP) is -0.532. The highest BCUT2D eigenvalue weighted by molar-refractivity contribution is 5.74. The smallest absolute Gasteiger partial charge is 0.332 e. The van der Waals surface area contributed by atoms with E-state index in [1.54, 1.807) is 0 Å². The molecule has 0 aliphatic rings. The summed E-state index contributed by atoms with van der Waals surface area (Å²) >= 11 is 0. The monoisotopic (exact) mass is 374 g/mol. The second kappa shape index (κ2) is 7.25. The lowest BCUT2D eigenvalue weighted by atomic mass is 10.2. The summed E-state index contributed by atoms with van der Waals surface area (Å²) in [5.74, 6) is 6.34. The van der Waals surface area contributed by atoms with E-state index in [2.05, 4.69) is 10.4 Å². The van der Waals surface area contributed by atoms with Crippen molar-refractivity contribution >= 4 is 17.1 Å². The fourth-order valence-corrected chi connectivity index (χ4v) is 2.90. The van der Waals surface area contributed by atoms with Gasteiger partial charge in [-0.25, -0.2) is 10.6 Å². The Hall–Kier alpha value is -3.11. The molecule has 1 aromatic carbocycles. The molecule has 4 N–H and O–H groups in total. The number of ether oxygens (including phenoxy) is 1. The maximum Gasteiger partial charge on any atom is 0.332 e. The zero-order chi connectivity index (χ0) is 19.7. The molecule has 3 aromatic rings. The fraction of sp³-hybridized carbons (Fsp3) is 0.353. The number of rotatable bonds is 6. The van der Waals surface area contributed by atoms with Gasteiger partial charge < -0.3 is 14.4 Å². The molecule has 0 aliphatic carbocycles. The topological polar surface area (TPSA) is 129 Å². The number of nitrogens with two attached hydrogens (primary N) is 1. The van der Waals surface area contributed by atoms with E-state index in [1.165, 1.54) is 23.2 Å². The number of hydrazine groups is 1. The van der Waals surface area contributed by atoms with Crippen LogP contribution in [-0.2, 0) is 20.6 Å². The van der Waals surface area contributed by atoms with Crippen LogP contribution in [0.25, 0.3) is 11.2 Å². The van der Waals surface area contributed by atoms with Gasteiger partial charge in [-0.05, 0) is 18.6 Å². The molecule has 10 heteroatoms. The van der Waals surface area contributed by atoms with Gasteiger partial charge in [0.05, 0.1) is 6.54 Å². The molecule has 3 rings (SSSR count). The van der Waals surface area contributed by atoms with Crippen molar-refractivity contribution in [1.29, 1.82) is 0 Å². The van der Waals surface area contributed by atoms with Crippen LogP contribution in [0, 0.1) is 6.92 Å². The van der Waals surface area contributed by atoms with Gasteiger partial charge in [-0.15, -0.1) is 0 Å². The first-order valence-corrected chi connectivity index (χ1v) is 8.34. The number of para-hydroxylation sites is 1. The fourth-order valence-electron chi connectivity index (χ4n) is 2.90. The highest BCUT2D eigenvalue weighted by Crippen LogP contribution is 2.18. The molecule has 1 unspecified atom stereocenters. The standard InChI is InChI=1S/C17H22N6O4/c1-10-6-4-5-7-12(10)27-9-11(24)8-23-13-14(19-16(23)20-18)21(2)17(26)22(3)15(13)25/h4-7,11,24H,8-9,18H2,1-3H3,(H,19,20). The second-order valence-corrected chi connectivity index (χ2v) is 6.30. The number of aryl methyl sites for hydroxylation is 2. The third kappa shape index (κ3) is 3.32. The Labute approximate surface area is 154 Å².